The SMILES string of the molecule is CCC1=C(CC)c2cc3[n-]c(cc4nc(cc5[n-]c(cc1n2)c(CC)c5CC)C(CC)=C4CC)c(CC)c3CC.[Cu+2]. The molecule has 3 aromatic heterocycles. The fraction of sp³-hybridized carbons (Fsp3) is 0.444. The number of hydrogen-bond donors (Lipinski definition) is 0. The molecule has 0 saturated heterocycles. The van der Waals surface area contributed by atoms with Crippen molar-refractivity contribution in [3.05, 3.63) is 69.3 Å². The molecule has 0 N–H and O–H groups in total. The van der Waals surface area contributed by atoms with Crippen LogP contribution < -0.4 is 9.97 Å². The van der Waals surface area contributed by atoms with Gasteiger partial charge in [-0.2, -0.15) is 0 Å². The molecule has 5 heteroatoms. The average Bonchev–Trinajstić information content (AvgIpc) is 3.67. The van der Waals surface area contributed by atoms with Crippen molar-refractivity contribution in [2.75, 3.05) is 0 Å². The van der Waals surface area contributed by atoms with Crippen LogP contribution in [-0.2, 0) is 42.8 Å². The Balaban J connectivity index is 0.00000387. The first-order chi connectivity index (χ1) is 19.5. The Hall–Kier alpha value is -2.88. The molecule has 0 aliphatic carbocycles. The van der Waals surface area contributed by atoms with Gasteiger partial charge in [0.2, 0.25) is 0 Å². The summed E-state index contributed by atoms with van der Waals surface area (Å²) in [6, 6.07) is 8.98. The zero-order valence-electron chi connectivity index (χ0n) is 26.1. The number of fused-ring (bicyclic) bond motifs is 8. The molecule has 0 atom stereocenters. The average molecular weight is 596 g/mol. The van der Waals surface area contributed by atoms with Gasteiger partial charge in [-0.3, -0.25) is 0 Å². The fourth-order valence-electron chi connectivity index (χ4n) is 6.92. The number of nitrogens with zero attached hydrogens (tertiary/aromatic N) is 4. The maximum absolute atomic E-state index is 5.25. The molecule has 41 heavy (non-hydrogen) atoms. The molecule has 4 nitrogen and oxygen atoms in total. The third kappa shape index (κ3) is 5.28. The standard InChI is InChI=1S/C36H44N4.Cu/c1-9-21-22(10-2)30-18-32-25(13-5)26(14-6)34(39-32)20-36-28(16-8)27(15-7)35(40-36)19-33-24(12-4)23(11-3)31(38-33)17-29(21)37-30;/h17-20H,9-16H2,1-8H3;/q-2;+2. The fourth-order valence-corrected chi connectivity index (χ4v) is 6.92. The van der Waals surface area contributed by atoms with E-state index in [1.54, 1.807) is 0 Å². The molecule has 5 rings (SSSR count). The Morgan fingerprint density at radius 2 is 0.610 bits per heavy atom. The molecule has 2 aliphatic heterocycles. The van der Waals surface area contributed by atoms with Gasteiger partial charge in [0.1, 0.15) is 0 Å². The summed E-state index contributed by atoms with van der Waals surface area (Å²) in [5.41, 5.74) is 19.1. The van der Waals surface area contributed by atoms with E-state index in [1.807, 2.05) is 0 Å². The normalized spacial score (nSPS) is 13.3. The first kappa shape index (κ1) is 31.1. The Morgan fingerprint density at radius 1 is 0.390 bits per heavy atom. The minimum Gasteiger partial charge on any atom is -0.657 e. The number of aromatic nitrogens is 4. The van der Waals surface area contributed by atoms with Gasteiger partial charge in [-0.15, -0.1) is 22.1 Å². The van der Waals surface area contributed by atoms with E-state index >= 15 is 0 Å². The van der Waals surface area contributed by atoms with E-state index in [2.05, 4.69) is 79.7 Å². The molecule has 2 aliphatic rings. The second kappa shape index (κ2) is 13.0. The molecule has 0 unspecified atom stereocenters. The van der Waals surface area contributed by atoms with E-state index in [0.29, 0.717) is 0 Å². The molecule has 5 heterocycles. The van der Waals surface area contributed by atoms with E-state index < -0.39 is 0 Å². The van der Waals surface area contributed by atoms with Gasteiger partial charge >= 0.3 is 17.1 Å². The smallest absolute Gasteiger partial charge is 0.657 e. The van der Waals surface area contributed by atoms with Crippen molar-refractivity contribution in [3.8, 4) is 0 Å². The number of allylic oxidation sites excluding steroid dienone is 4. The molecule has 0 aromatic carbocycles. The Bertz CT molecular complexity index is 1440. The first-order valence-electron chi connectivity index (χ1n) is 15.6. The van der Waals surface area contributed by atoms with Crippen LogP contribution in [-0.4, -0.2) is 9.97 Å². The van der Waals surface area contributed by atoms with Crippen molar-refractivity contribution in [2.24, 2.45) is 0 Å². The van der Waals surface area contributed by atoms with Crippen molar-refractivity contribution in [2.45, 2.75) is 107 Å². The van der Waals surface area contributed by atoms with Crippen LogP contribution >= 0.6 is 0 Å². The Morgan fingerprint density at radius 3 is 0.780 bits per heavy atom. The van der Waals surface area contributed by atoms with E-state index in [1.165, 1.54) is 44.5 Å². The molecule has 8 bridgehead atoms. The number of aryl methyl sites for hydroxylation is 4. The molecule has 0 fully saturated rings. The second-order valence-electron chi connectivity index (χ2n) is 10.8. The van der Waals surface area contributed by atoms with Crippen LogP contribution in [0.1, 0.15) is 126 Å². The largest absolute Gasteiger partial charge is 2.00 e. The van der Waals surface area contributed by atoms with Crippen LogP contribution in [0.4, 0.5) is 0 Å². The van der Waals surface area contributed by atoms with E-state index in [4.69, 9.17) is 19.9 Å². The third-order valence-corrected chi connectivity index (χ3v) is 8.82. The molecule has 0 amide bonds. The third-order valence-electron chi connectivity index (χ3n) is 8.82. The van der Waals surface area contributed by atoms with Gasteiger partial charge in [0.15, 0.2) is 0 Å². The molecular weight excluding hydrogens is 552 g/mol. The first-order valence-corrected chi connectivity index (χ1v) is 15.6. The van der Waals surface area contributed by atoms with E-state index in [0.717, 1.165) is 96.2 Å². The molecular formula is C36H44CuN4. The van der Waals surface area contributed by atoms with Gasteiger partial charge in [-0.25, -0.2) is 9.97 Å². The van der Waals surface area contributed by atoms with Crippen molar-refractivity contribution in [1.29, 1.82) is 0 Å². The van der Waals surface area contributed by atoms with Gasteiger partial charge in [-0.1, -0.05) is 102 Å². The van der Waals surface area contributed by atoms with Gasteiger partial charge in [0, 0.05) is 0 Å². The molecule has 3 aromatic rings. The molecule has 0 spiro atoms. The molecule has 0 saturated carbocycles. The monoisotopic (exact) mass is 595 g/mol. The summed E-state index contributed by atoms with van der Waals surface area (Å²) in [4.78, 5) is 21.0. The van der Waals surface area contributed by atoms with Gasteiger partial charge in [-0.05, 0) is 73.7 Å². The summed E-state index contributed by atoms with van der Waals surface area (Å²) in [5.74, 6) is 0. The van der Waals surface area contributed by atoms with Gasteiger partial charge in [0.25, 0.3) is 0 Å². The van der Waals surface area contributed by atoms with E-state index in [-0.39, 0.29) is 17.1 Å². The summed E-state index contributed by atoms with van der Waals surface area (Å²) in [5, 5.41) is 0. The van der Waals surface area contributed by atoms with Crippen LogP contribution in [0.3, 0.4) is 0 Å². The quantitative estimate of drug-likeness (QED) is 0.243. The minimum absolute atomic E-state index is 0. The van der Waals surface area contributed by atoms with Crippen LogP contribution in [0.2, 0.25) is 0 Å². The van der Waals surface area contributed by atoms with Crippen molar-refractivity contribution >= 4 is 44.4 Å². The van der Waals surface area contributed by atoms with Gasteiger partial charge < -0.3 is 9.97 Å². The Kier molecular flexibility index (Phi) is 9.82. The number of rotatable bonds is 8. The van der Waals surface area contributed by atoms with Crippen LogP contribution in [0.15, 0.2) is 24.3 Å². The minimum atomic E-state index is 0. The summed E-state index contributed by atoms with van der Waals surface area (Å²) in [7, 11) is 0. The van der Waals surface area contributed by atoms with E-state index in [9.17, 15) is 0 Å². The maximum atomic E-state index is 5.25. The zero-order valence-corrected chi connectivity index (χ0v) is 27.0. The van der Waals surface area contributed by atoms with Crippen LogP contribution in [0, 0.1) is 0 Å². The molecule has 1 radical (unpaired) electrons. The second-order valence-corrected chi connectivity index (χ2v) is 10.8. The summed E-state index contributed by atoms with van der Waals surface area (Å²) in [6.45, 7) is 17.9. The summed E-state index contributed by atoms with van der Waals surface area (Å²) < 4.78 is 0. The van der Waals surface area contributed by atoms with Crippen LogP contribution in [0.25, 0.3) is 44.4 Å². The zero-order chi connectivity index (χ0) is 28.6. The predicted octanol–water partition coefficient (Wildman–Crippen LogP) is 9.28. The van der Waals surface area contributed by atoms with Crippen molar-refractivity contribution in [3.63, 3.8) is 0 Å². The van der Waals surface area contributed by atoms with Crippen molar-refractivity contribution in [1.82, 2.24) is 19.9 Å². The van der Waals surface area contributed by atoms with Crippen LogP contribution in [0.5, 0.6) is 0 Å². The predicted molar refractivity (Wildman–Crippen MR) is 171 cm³/mol. The Labute approximate surface area is 256 Å². The summed E-state index contributed by atoms with van der Waals surface area (Å²) in [6.07, 6.45) is 7.60. The molecule has 219 valence electrons. The van der Waals surface area contributed by atoms with Gasteiger partial charge in [0.05, 0.1) is 22.8 Å². The summed E-state index contributed by atoms with van der Waals surface area (Å²) >= 11 is 0. The maximum Gasteiger partial charge on any atom is 2.00 e. The van der Waals surface area contributed by atoms with Crippen molar-refractivity contribution < 1.29 is 17.1 Å². The number of hydrogen-bond acceptors (Lipinski definition) is 2. The topological polar surface area (TPSA) is 54.0 Å².